The molecule has 0 saturated carbocycles. The van der Waals surface area contributed by atoms with Crippen LogP contribution in [0.15, 0.2) is 22.7 Å². The summed E-state index contributed by atoms with van der Waals surface area (Å²) >= 11 is 5.72. The molecule has 2 rings (SSSR count). The van der Waals surface area contributed by atoms with Crippen molar-refractivity contribution in [1.82, 2.24) is 10.1 Å². The second-order valence-corrected chi connectivity index (χ2v) is 3.96. The molecule has 8 nitrogen and oxygen atoms in total. The van der Waals surface area contributed by atoms with Crippen LogP contribution in [0.1, 0.15) is 16.2 Å². The van der Waals surface area contributed by atoms with Crippen molar-refractivity contribution < 1.29 is 14.2 Å². The van der Waals surface area contributed by atoms with Crippen LogP contribution in [0.25, 0.3) is 0 Å². The molecule has 1 amide bonds. The number of amides is 1. The minimum absolute atomic E-state index is 0.142. The van der Waals surface area contributed by atoms with Gasteiger partial charge in [0, 0.05) is 11.1 Å². The van der Waals surface area contributed by atoms with Gasteiger partial charge in [-0.3, -0.25) is 20.2 Å². The lowest BCUT2D eigenvalue weighted by Crippen LogP contribution is -2.14. The van der Waals surface area contributed by atoms with E-state index >= 15 is 0 Å². The standard InChI is InChI=1S/C10H7ClN4O4/c1-5-12-10(19-14-5)13-9(16)7-4-6(11)2-3-8(7)15(17)18/h2-4H,1H3,(H,12,13,14,16). The fraction of sp³-hybridized carbons (Fsp3) is 0.100. The lowest BCUT2D eigenvalue weighted by molar-refractivity contribution is -0.385. The molecule has 0 aliphatic heterocycles. The van der Waals surface area contributed by atoms with Crippen LogP contribution in [0.2, 0.25) is 5.02 Å². The Morgan fingerprint density at radius 3 is 2.84 bits per heavy atom. The van der Waals surface area contributed by atoms with E-state index in [1.165, 1.54) is 12.1 Å². The summed E-state index contributed by atoms with van der Waals surface area (Å²) in [6, 6.07) is 3.53. The Morgan fingerprint density at radius 2 is 2.26 bits per heavy atom. The zero-order chi connectivity index (χ0) is 14.0. The van der Waals surface area contributed by atoms with Crippen LogP contribution >= 0.6 is 11.6 Å². The summed E-state index contributed by atoms with van der Waals surface area (Å²) in [6.45, 7) is 1.57. The molecule has 0 atom stereocenters. The van der Waals surface area contributed by atoms with E-state index in [1.807, 2.05) is 0 Å². The number of rotatable bonds is 3. The number of aromatic nitrogens is 2. The number of nitro groups is 1. The van der Waals surface area contributed by atoms with E-state index in [2.05, 4.69) is 15.5 Å². The quantitative estimate of drug-likeness (QED) is 0.682. The Bertz CT molecular complexity index is 655. The monoisotopic (exact) mass is 282 g/mol. The van der Waals surface area contributed by atoms with Crippen LogP contribution in [0.3, 0.4) is 0 Å². The number of benzene rings is 1. The number of aryl methyl sites for hydroxylation is 1. The number of halogens is 1. The van der Waals surface area contributed by atoms with Gasteiger partial charge in [0.05, 0.1) is 4.92 Å². The van der Waals surface area contributed by atoms with Gasteiger partial charge < -0.3 is 4.52 Å². The molecule has 1 aromatic carbocycles. The van der Waals surface area contributed by atoms with E-state index in [1.54, 1.807) is 6.92 Å². The van der Waals surface area contributed by atoms with Gasteiger partial charge in [0.15, 0.2) is 5.82 Å². The Kier molecular flexibility index (Phi) is 3.43. The molecule has 0 aliphatic rings. The maximum atomic E-state index is 11.9. The Morgan fingerprint density at radius 1 is 1.53 bits per heavy atom. The average molecular weight is 283 g/mol. The fourth-order valence-corrected chi connectivity index (χ4v) is 1.53. The van der Waals surface area contributed by atoms with Gasteiger partial charge in [-0.05, 0) is 19.1 Å². The highest BCUT2D eigenvalue weighted by molar-refractivity contribution is 6.31. The highest BCUT2D eigenvalue weighted by Gasteiger charge is 2.21. The molecule has 1 heterocycles. The van der Waals surface area contributed by atoms with Crippen molar-refractivity contribution in [3.05, 3.63) is 44.7 Å². The number of carbonyl (C=O) groups excluding carboxylic acids is 1. The van der Waals surface area contributed by atoms with Crippen molar-refractivity contribution in [1.29, 1.82) is 0 Å². The largest absolute Gasteiger partial charge is 0.328 e. The zero-order valence-corrected chi connectivity index (χ0v) is 10.3. The predicted molar refractivity (Wildman–Crippen MR) is 65.1 cm³/mol. The van der Waals surface area contributed by atoms with Gasteiger partial charge in [0.2, 0.25) is 0 Å². The topological polar surface area (TPSA) is 111 Å². The van der Waals surface area contributed by atoms with Gasteiger partial charge in [-0.15, -0.1) is 0 Å². The van der Waals surface area contributed by atoms with Crippen LogP contribution < -0.4 is 5.32 Å². The third kappa shape index (κ3) is 2.86. The first-order chi connectivity index (χ1) is 8.97. The smallest absolute Gasteiger partial charge is 0.315 e. The molecule has 9 heteroatoms. The number of nitrogens with one attached hydrogen (secondary N) is 1. The van der Waals surface area contributed by atoms with Crippen molar-refractivity contribution in [2.75, 3.05) is 5.32 Å². The van der Waals surface area contributed by atoms with Gasteiger partial charge in [-0.2, -0.15) is 4.98 Å². The van der Waals surface area contributed by atoms with Crippen LogP contribution in [-0.4, -0.2) is 21.0 Å². The minimum atomic E-state index is -0.752. The van der Waals surface area contributed by atoms with Crippen molar-refractivity contribution in [2.24, 2.45) is 0 Å². The lowest BCUT2D eigenvalue weighted by atomic mass is 10.1. The highest BCUT2D eigenvalue weighted by atomic mass is 35.5. The van der Waals surface area contributed by atoms with E-state index in [0.717, 1.165) is 6.07 Å². The molecule has 0 radical (unpaired) electrons. The maximum absolute atomic E-state index is 11.9. The second kappa shape index (κ2) is 5.02. The molecule has 98 valence electrons. The molecular formula is C10H7ClN4O4. The van der Waals surface area contributed by atoms with Gasteiger partial charge >= 0.3 is 6.01 Å². The number of hydrogen-bond donors (Lipinski definition) is 1. The first-order valence-electron chi connectivity index (χ1n) is 5.03. The van der Waals surface area contributed by atoms with E-state index in [-0.39, 0.29) is 22.3 Å². The van der Waals surface area contributed by atoms with Crippen LogP contribution in [-0.2, 0) is 0 Å². The average Bonchev–Trinajstić information content (AvgIpc) is 2.74. The van der Waals surface area contributed by atoms with Gasteiger partial charge in [0.25, 0.3) is 11.6 Å². The van der Waals surface area contributed by atoms with Crippen molar-refractivity contribution in [2.45, 2.75) is 6.92 Å². The van der Waals surface area contributed by atoms with Gasteiger partial charge in [-0.25, -0.2) is 0 Å². The number of anilines is 1. The number of hydrogen-bond acceptors (Lipinski definition) is 6. The van der Waals surface area contributed by atoms with Crippen molar-refractivity contribution in [3.63, 3.8) is 0 Å². The summed E-state index contributed by atoms with van der Waals surface area (Å²) in [5.74, 6) is -0.422. The van der Waals surface area contributed by atoms with Gasteiger partial charge in [0.1, 0.15) is 5.56 Å². The minimum Gasteiger partial charge on any atom is -0.315 e. The second-order valence-electron chi connectivity index (χ2n) is 3.52. The first-order valence-corrected chi connectivity index (χ1v) is 5.41. The summed E-state index contributed by atoms with van der Waals surface area (Å²) in [4.78, 5) is 25.8. The molecule has 1 aromatic heterocycles. The summed E-state index contributed by atoms with van der Waals surface area (Å²) in [5, 5.41) is 16.8. The Balaban J connectivity index is 2.32. The molecule has 19 heavy (non-hydrogen) atoms. The maximum Gasteiger partial charge on any atom is 0.328 e. The highest BCUT2D eigenvalue weighted by Crippen LogP contribution is 2.23. The third-order valence-corrected chi connectivity index (χ3v) is 2.38. The molecule has 2 aromatic rings. The predicted octanol–water partition coefficient (Wildman–Crippen LogP) is 2.19. The van der Waals surface area contributed by atoms with E-state index in [0.29, 0.717) is 5.82 Å². The number of nitrogens with zero attached hydrogens (tertiary/aromatic N) is 3. The summed E-state index contributed by atoms with van der Waals surface area (Å²) in [5.41, 5.74) is -0.550. The summed E-state index contributed by atoms with van der Waals surface area (Å²) in [6.07, 6.45) is 0. The lowest BCUT2D eigenvalue weighted by Gasteiger charge is -2.02. The summed E-state index contributed by atoms with van der Waals surface area (Å²) in [7, 11) is 0. The van der Waals surface area contributed by atoms with Crippen molar-refractivity contribution >= 4 is 29.2 Å². The molecule has 0 unspecified atom stereocenters. The fourth-order valence-electron chi connectivity index (χ4n) is 1.36. The molecule has 1 N–H and O–H groups in total. The molecule has 0 spiro atoms. The van der Waals surface area contributed by atoms with E-state index < -0.39 is 10.8 Å². The first kappa shape index (κ1) is 13.0. The molecular weight excluding hydrogens is 276 g/mol. The normalized spacial score (nSPS) is 10.2. The molecule has 0 aliphatic carbocycles. The van der Waals surface area contributed by atoms with Gasteiger partial charge in [-0.1, -0.05) is 16.8 Å². The van der Waals surface area contributed by atoms with E-state index in [4.69, 9.17) is 16.1 Å². The third-order valence-electron chi connectivity index (χ3n) is 2.15. The number of carbonyl (C=O) groups is 1. The molecule has 0 saturated heterocycles. The van der Waals surface area contributed by atoms with Crippen LogP contribution in [0.4, 0.5) is 11.7 Å². The Labute approximate surface area is 111 Å². The number of nitro benzene ring substituents is 1. The van der Waals surface area contributed by atoms with Crippen molar-refractivity contribution in [3.8, 4) is 0 Å². The zero-order valence-electron chi connectivity index (χ0n) is 9.58. The van der Waals surface area contributed by atoms with Crippen LogP contribution in [0.5, 0.6) is 0 Å². The molecule has 0 bridgehead atoms. The summed E-state index contributed by atoms with van der Waals surface area (Å²) < 4.78 is 4.69. The molecule has 0 fully saturated rings. The SMILES string of the molecule is Cc1noc(NC(=O)c2cc(Cl)ccc2[N+](=O)[O-])n1. The Hall–Kier alpha value is -2.48. The van der Waals surface area contributed by atoms with Crippen LogP contribution in [0, 0.1) is 17.0 Å². The van der Waals surface area contributed by atoms with E-state index in [9.17, 15) is 14.9 Å².